The van der Waals surface area contributed by atoms with Gasteiger partial charge < -0.3 is 20.8 Å². The average Bonchev–Trinajstić information content (AvgIpc) is 3.79. The Morgan fingerprint density at radius 1 is 0.907 bits per heavy atom. The molecule has 12 nitrogen and oxygen atoms in total. The van der Waals surface area contributed by atoms with Crippen molar-refractivity contribution in [1.29, 1.82) is 0 Å². The molecule has 282 valence electrons. The number of halogens is 2. The quantitative estimate of drug-likeness (QED) is 0.136. The first-order chi connectivity index (χ1) is 26.1. The van der Waals surface area contributed by atoms with Crippen molar-refractivity contribution in [1.82, 2.24) is 34.5 Å². The zero-order valence-corrected chi connectivity index (χ0v) is 30.5. The van der Waals surface area contributed by atoms with Crippen LogP contribution in [0.2, 0.25) is 0 Å². The Labute approximate surface area is 312 Å². The number of aliphatic hydroxyl groups is 2. The van der Waals surface area contributed by atoms with Gasteiger partial charge in [0.25, 0.3) is 12.3 Å². The first-order valence-electron chi connectivity index (χ1n) is 18.7. The van der Waals surface area contributed by atoms with Crippen molar-refractivity contribution < 1.29 is 23.8 Å². The Hall–Kier alpha value is -4.89. The summed E-state index contributed by atoms with van der Waals surface area (Å²) >= 11 is 0. The van der Waals surface area contributed by atoms with Gasteiger partial charge in [0.15, 0.2) is 17.3 Å². The molecule has 5 aromatic rings. The van der Waals surface area contributed by atoms with E-state index in [1.165, 1.54) is 0 Å². The second-order valence-electron chi connectivity index (χ2n) is 14.8. The molecule has 0 radical (unpaired) electrons. The van der Waals surface area contributed by atoms with Gasteiger partial charge in [-0.1, -0.05) is 24.3 Å². The van der Waals surface area contributed by atoms with E-state index in [2.05, 4.69) is 35.4 Å². The van der Waals surface area contributed by atoms with E-state index >= 15 is 0 Å². The van der Waals surface area contributed by atoms with E-state index in [-0.39, 0.29) is 30.0 Å². The maximum atomic E-state index is 14.0. The van der Waals surface area contributed by atoms with Crippen molar-refractivity contribution in [3.05, 3.63) is 88.6 Å². The number of benzene rings is 2. The molecule has 3 aliphatic heterocycles. The van der Waals surface area contributed by atoms with E-state index in [9.17, 15) is 23.8 Å². The normalized spacial score (nSPS) is 19.8. The van der Waals surface area contributed by atoms with Gasteiger partial charge in [0.05, 0.1) is 29.5 Å². The number of carbonyl (C=O) groups is 1. The lowest BCUT2D eigenvalue weighted by Crippen LogP contribution is -2.40. The van der Waals surface area contributed by atoms with E-state index < -0.39 is 12.2 Å². The van der Waals surface area contributed by atoms with Crippen LogP contribution in [0.15, 0.2) is 54.7 Å². The van der Waals surface area contributed by atoms with Gasteiger partial charge >= 0.3 is 0 Å². The lowest BCUT2D eigenvalue weighted by molar-refractivity contribution is 0.0512. The van der Waals surface area contributed by atoms with Gasteiger partial charge in [-0.05, 0) is 98.0 Å². The van der Waals surface area contributed by atoms with Crippen molar-refractivity contribution in [2.45, 2.75) is 83.7 Å². The molecule has 54 heavy (non-hydrogen) atoms. The van der Waals surface area contributed by atoms with Crippen LogP contribution < -0.4 is 10.6 Å². The predicted octanol–water partition coefficient (Wildman–Crippen LogP) is 6.30. The molecule has 3 aromatic heterocycles. The molecule has 0 saturated carbocycles. The van der Waals surface area contributed by atoms with Gasteiger partial charge in [0.2, 0.25) is 0 Å². The highest BCUT2D eigenvalue weighted by atomic mass is 19.3. The van der Waals surface area contributed by atoms with Crippen molar-refractivity contribution in [3.63, 3.8) is 0 Å². The molecule has 1 unspecified atom stereocenters. The lowest BCUT2D eigenvalue weighted by atomic mass is 9.94. The fourth-order valence-corrected chi connectivity index (χ4v) is 8.14. The molecule has 2 aromatic carbocycles. The molecule has 2 saturated heterocycles. The third-order valence-electron chi connectivity index (χ3n) is 11.1. The number of carbonyl (C=O) groups excluding carboxylic acids is 1. The predicted molar refractivity (Wildman–Crippen MR) is 202 cm³/mol. The largest absolute Gasteiger partial charge is 0.393 e. The summed E-state index contributed by atoms with van der Waals surface area (Å²) in [5.41, 5.74) is 7.78. The van der Waals surface area contributed by atoms with Crippen molar-refractivity contribution in [2.75, 3.05) is 36.8 Å². The Kier molecular flexibility index (Phi) is 10.1. The van der Waals surface area contributed by atoms with Gasteiger partial charge in [-0.25, -0.2) is 18.7 Å². The number of piperidine rings is 1. The summed E-state index contributed by atoms with van der Waals surface area (Å²) in [5.74, 6) is -0.690. The fraction of sp³-hybridized carbons (Fsp3) is 0.425. The molecule has 0 spiro atoms. The van der Waals surface area contributed by atoms with Gasteiger partial charge in [-0.15, -0.1) is 0 Å². The molecule has 0 bridgehead atoms. The van der Waals surface area contributed by atoms with Crippen molar-refractivity contribution in [2.24, 2.45) is 0 Å². The summed E-state index contributed by atoms with van der Waals surface area (Å²) in [7, 11) is 0. The number of hydrogen-bond acceptors (Lipinski definition) is 10. The molecule has 1 amide bonds. The molecular formula is C40H45F2N9O3. The smallest absolute Gasteiger partial charge is 0.297 e. The summed E-state index contributed by atoms with van der Waals surface area (Å²) in [6.45, 7) is 8.18. The number of likely N-dealkylation sites (tertiary alicyclic amines) is 2. The maximum Gasteiger partial charge on any atom is 0.297 e. The van der Waals surface area contributed by atoms with Gasteiger partial charge in [0, 0.05) is 56.8 Å². The van der Waals surface area contributed by atoms with Crippen LogP contribution in [0.4, 0.5) is 26.0 Å². The molecular weight excluding hydrogens is 692 g/mol. The fourth-order valence-electron chi connectivity index (χ4n) is 8.14. The van der Waals surface area contributed by atoms with Crippen LogP contribution in [-0.2, 0) is 13.1 Å². The molecule has 3 aliphatic rings. The SMILES string of the molecule is Cc1c(NC(=O)c2cc3n(n2)CCCC3N2CCC(O)CC2)cccc1-c1cccc(Nc2nc(C(F)F)nc3cc(CN4CC[C@@H](O)C4)cnc23)c1C. The number of hydrogen-bond donors (Lipinski definition) is 4. The molecule has 2 fully saturated rings. The molecule has 2 atom stereocenters. The minimum absolute atomic E-state index is 0.180. The highest BCUT2D eigenvalue weighted by Crippen LogP contribution is 2.37. The number of nitrogens with zero attached hydrogens (tertiary/aromatic N) is 7. The maximum absolute atomic E-state index is 14.0. The van der Waals surface area contributed by atoms with Crippen LogP contribution in [-0.4, -0.2) is 89.0 Å². The lowest BCUT2D eigenvalue weighted by Gasteiger charge is -2.38. The Bertz CT molecular complexity index is 2190. The third kappa shape index (κ3) is 7.30. The standard InChI is InChI=1S/C40H45F2N9O3/c1-23-28(6-3-8-30(23)44-38-36-32(45-39(47-38)37(41)42)18-25(20-43-36)21-49-15-11-27(53)22-49)29-7-4-9-31(24(29)2)46-40(54)33-19-35-34(10-5-14-51(35)48-33)50-16-12-26(52)13-17-50/h3-4,6-9,18-20,26-27,34,37,52-53H,5,10-17,21-22H2,1-2H3,(H,46,54)(H,44,45,47)/t27-,34?/m1/s1. The summed E-state index contributed by atoms with van der Waals surface area (Å²) in [4.78, 5) is 31.1. The Morgan fingerprint density at radius 2 is 1.63 bits per heavy atom. The number of fused-ring (bicyclic) bond motifs is 2. The number of aromatic nitrogens is 5. The summed E-state index contributed by atoms with van der Waals surface area (Å²) < 4.78 is 30.0. The number of aliphatic hydroxyl groups excluding tert-OH is 2. The highest BCUT2D eigenvalue weighted by molar-refractivity contribution is 6.04. The number of amides is 1. The summed E-state index contributed by atoms with van der Waals surface area (Å²) in [6.07, 6.45) is 2.41. The molecule has 6 heterocycles. The van der Waals surface area contributed by atoms with Gasteiger partial charge in [0.1, 0.15) is 5.52 Å². The minimum Gasteiger partial charge on any atom is -0.393 e. The van der Waals surface area contributed by atoms with Crippen LogP contribution in [0.5, 0.6) is 0 Å². The number of nitrogens with one attached hydrogen (secondary N) is 2. The van der Waals surface area contributed by atoms with Crippen molar-refractivity contribution in [3.8, 4) is 11.1 Å². The second-order valence-corrected chi connectivity index (χ2v) is 14.8. The first kappa shape index (κ1) is 36.1. The third-order valence-corrected chi connectivity index (χ3v) is 11.1. The second kappa shape index (κ2) is 15.1. The first-order valence-corrected chi connectivity index (χ1v) is 18.7. The minimum atomic E-state index is -2.88. The number of β-amino-alcohol motifs (C(OH)–C–C–N with tert-alkyl or cyclic N) is 1. The monoisotopic (exact) mass is 737 g/mol. The van der Waals surface area contributed by atoms with Gasteiger partial charge in [-0.3, -0.25) is 24.3 Å². The Morgan fingerprint density at radius 3 is 2.35 bits per heavy atom. The van der Waals surface area contributed by atoms with E-state index in [4.69, 9.17) is 5.10 Å². The molecule has 0 aliphatic carbocycles. The van der Waals surface area contributed by atoms with Crippen LogP contribution in [0.3, 0.4) is 0 Å². The van der Waals surface area contributed by atoms with Crippen molar-refractivity contribution >= 4 is 34.1 Å². The van der Waals surface area contributed by atoms with Crippen LogP contribution >= 0.6 is 0 Å². The molecule has 4 N–H and O–H groups in total. The van der Waals surface area contributed by atoms with Crippen LogP contribution in [0, 0.1) is 13.8 Å². The number of anilines is 3. The number of rotatable bonds is 9. The summed E-state index contributed by atoms with van der Waals surface area (Å²) in [6, 6.07) is 15.3. The van der Waals surface area contributed by atoms with Crippen LogP contribution in [0.25, 0.3) is 22.2 Å². The summed E-state index contributed by atoms with van der Waals surface area (Å²) in [5, 5.41) is 31.0. The number of aryl methyl sites for hydroxylation is 1. The van der Waals surface area contributed by atoms with E-state index in [1.807, 2.05) is 61.0 Å². The number of pyridine rings is 1. The van der Waals surface area contributed by atoms with E-state index in [1.54, 1.807) is 12.3 Å². The van der Waals surface area contributed by atoms with E-state index in [0.29, 0.717) is 47.6 Å². The molecule has 14 heteroatoms. The van der Waals surface area contributed by atoms with E-state index in [0.717, 1.165) is 85.4 Å². The highest BCUT2D eigenvalue weighted by Gasteiger charge is 2.31. The Balaban J connectivity index is 1.04. The van der Waals surface area contributed by atoms with Gasteiger partial charge in [-0.2, -0.15) is 5.10 Å². The zero-order valence-electron chi connectivity index (χ0n) is 30.5. The van der Waals surface area contributed by atoms with Crippen LogP contribution in [0.1, 0.15) is 83.3 Å². The zero-order chi connectivity index (χ0) is 37.5. The molecule has 8 rings (SSSR count). The topological polar surface area (TPSA) is 145 Å². The average molecular weight is 738 g/mol. The number of alkyl halides is 2.